The molecule has 2 heterocycles. The summed E-state index contributed by atoms with van der Waals surface area (Å²) in [6, 6.07) is 5.73. The summed E-state index contributed by atoms with van der Waals surface area (Å²) >= 11 is 0. The molecule has 0 atom stereocenters. The number of methoxy groups -OCH3 is 1. The van der Waals surface area contributed by atoms with Crippen molar-refractivity contribution in [3.8, 4) is 5.75 Å². The third-order valence-corrected chi connectivity index (χ3v) is 4.10. The number of carbonyl (C=O) groups excluding carboxylic acids is 1. The molecule has 23 heavy (non-hydrogen) atoms. The quantitative estimate of drug-likeness (QED) is 0.852. The van der Waals surface area contributed by atoms with E-state index < -0.39 is 0 Å². The van der Waals surface area contributed by atoms with E-state index in [-0.39, 0.29) is 6.03 Å². The molecule has 0 saturated carbocycles. The van der Waals surface area contributed by atoms with Crippen LogP contribution in [0, 0.1) is 0 Å². The lowest BCUT2D eigenvalue weighted by atomic mass is 10.1. The molecule has 0 aliphatic carbocycles. The molecule has 1 aromatic carbocycles. The first kappa shape index (κ1) is 15.4. The van der Waals surface area contributed by atoms with Crippen LogP contribution in [0.2, 0.25) is 0 Å². The lowest BCUT2D eigenvalue weighted by Gasteiger charge is -2.25. The van der Waals surface area contributed by atoms with E-state index in [1.54, 1.807) is 7.11 Å². The van der Waals surface area contributed by atoms with Gasteiger partial charge in [0.1, 0.15) is 11.6 Å². The van der Waals surface area contributed by atoms with E-state index in [9.17, 15) is 4.79 Å². The largest absolute Gasteiger partial charge is 0.497 e. The van der Waals surface area contributed by atoms with E-state index in [0.717, 1.165) is 35.6 Å². The number of ether oxygens (including phenoxy) is 1. The summed E-state index contributed by atoms with van der Waals surface area (Å²) in [7, 11) is 1.64. The highest BCUT2D eigenvalue weighted by Crippen LogP contribution is 2.18. The number of H-pyrrole nitrogens is 1. The number of aromatic amines is 1. The number of carbonyl (C=O) groups is 1. The smallest absolute Gasteiger partial charge is 0.317 e. The standard InChI is InChI=1S/C17H22N4O2/c1-12-6-9-21(10-7-12)17(22)18-8-5-16-19-14-4-3-13(23-2)11-15(14)20-16/h3-4,6,11H,5,7-10H2,1-2H3,(H,18,22)(H,19,20). The van der Waals surface area contributed by atoms with Gasteiger partial charge in [0.25, 0.3) is 0 Å². The molecule has 0 bridgehead atoms. The molecule has 0 radical (unpaired) electrons. The molecule has 2 N–H and O–H groups in total. The number of urea groups is 1. The first-order chi connectivity index (χ1) is 11.2. The summed E-state index contributed by atoms with van der Waals surface area (Å²) < 4.78 is 5.20. The molecule has 2 aromatic rings. The lowest BCUT2D eigenvalue weighted by molar-refractivity contribution is 0.202. The van der Waals surface area contributed by atoms with Crippen molar-refractivity contribution >= 4 is 17.1 Å². The fraction of sp³-hybridized carbons (Fsp3) is 0.412. The van der Waals surface area contributed by atoms with Crippen LogP contribution >= 0.6 is 0 Å². The molecule has 1 aromatic heterocycles. The van der Waals surface area contributed by atoms with Crippen molar-refractivity contribution in [3.05, 3.63) is 35.7 Å². The van der Waals surface area contributed by atoms with Gasteiger partial charge >= 0.3 is 6.03 Å². The van der Waals surface area contributed by atoms with Gasteiger partial charge in [-0.3, -0.25) is 0 Å². The zero-order valence-corrected chi connectivity index (χ0v) is 13.6. The number of benzene rings is 1. The van der Waals surface area contributed by atoms with Crippen LogP contribution in [0.1, 0.15) is 19.2 Å². The van der Waals surface area contributed by atoms with Crippen molar-refractivity contribution in [2.24, 2.45) is 0 Å². The maximum Gasteiger partial charge on any atom is 0.317 e. The minimum absolute atomic E-state index is 0.00784. The Balaban J connectivity index is 1.53. The van der Waals surface area contributed by atoms with Crippen molar-refractivity contribution in [3.63, 3.8) is 0 Å². The molecule has 0 saturated heterocycles. The molecule has 1 aliphatic heterocycles. The van der Waals surface area contributed by atoms with Gasteiger partial charge in [0.2, 0.25) is 0 Å². The summed E-state index contributed by atoms with van der Waals surface area (Å²) in [5, 5.41) is 2.96. The fourth-order valence-electron chi connectivity index (χ4n) is 2.64. The van der Waals surface area contributed by atoms with Crippen LogP contribution in [0.3, 0.4) is 0 Å². The molecular formula is C17H22N4O2. The van der Waals surface area contributed by atoms with Crippen LogP contribution in [0.4, 0.5) is 4.79 Å². The second-order valence-electron chi connectivity index (χ2n) is 5.79. The molecule has 6 heteroatoms. The van der Waals surface area contributed by atoms with Gasteiger partial charge in [-0.25, -0.2) is 9.78 Å². The Bertz CT molecular complexity index is 735. The lowest BCUT2D eigenvalue weighted by Crippen LogP contribution is -2.42. The third-order valence-electron chi connectivity index (χ3n) is 4.10. The van der Waals surface area contributed by atoms with E-state index in [2.05, 4.69) is 28.3 Å². The third kappa shape index (κ3) is 3.64. The topological polar surface area (TPSA) is 70.2 Å². The summed E-state index contributed by atoms with van der Waals surface area (Å²) in [6.45, 7) is 4.15. The van der Waals surface area contributed by atoms with E-state index in [1.807, 2.05) is 23.1 Å². The Morgan fingerprint density at radius 2 is 2.35 bits per heavy atom. The fourth-order valence-corrected chi connectivity index (χ4v) is 2.64. The predicted molar refractivity (Wildman–Crippen MR) is 89.7 cm³/mol. The van der Waals surface area contributed by atoms with Crippen LogP contribution in [0.5, 0.6) is 5.75 Å². The Kier molecular flexibility index (Phi) is 4.50. The average molecular weight is 314 g/mol. The molecule has 6 nitrogen and oxygen atoms in total. The number of hydrogen-bond acceptors (Lipinski definition) is 3. The molecule has 0 fully saturated rings. The van der Waals surface area contributed by atoms with E-state index in [1.165, 1.54) is 5.57 Å². The first-order valence-electron chi connectivity index (χ1n) is 7.87. The van der Waals surface area contributed by atoms with Crippen molar-refractivity contribution in [1.29, 1.82) is 0 Å². The zero-order valence-electron chi connectivity index (χ0n) is 13.6. The average Bonchev–Trinajstić information content (AvgIpc) is 2.97. The van der Waals surface area contributed by atoms with Gasteiger partial charge in [0.05, 0.1) is 18.1 Å². The minimum Gasteiger partial charge on any atom is -0.497 e. The van der Waals surface area contributed by atoms with Gasteiger partial charge in [0, 0.05) is 32.1 Å². The minimum atomic E-state index is -0.00784. The molecule has 0 spiro atoms. The summed E-state index contributed by atoms with van der Waals surface area (Å²) in [6.07, 6.45) is 3.74. The maximum atomic E-state index is 12.1. The van der Waals surface area contributed by atoms with Crippen LogP contribution < -0.4 is 10.1 Å². The van der Waals surface area contributed by atoms with Gasteiger partial charge in [-0.15, -0.1) is 0 Å². The van der Waals surface area contributed by atoms with Gasteiger partial charge in [-0.2, -0.15) is 0 Å². The van der Waals surface area contributed by atoms with Gasteiger partial charge in [-0.1, -0.05) is 11.6 Å². The number of amides is 2. The highest BCUT2D eigenvalue weighted by Gasteiger charge is 2.15. The normalized spacial score (nSPS) is 14.7. The molecule has 1 aliphatic rings. The van der Waals surface area contributed by atoms with Crippen LogP contribution in [0.25, 0.3) is 11.0 Å². The number of nitrogens with one attached hydrogen (secondary N) is 2. The van der Waals surface area contributed by atoms with E-state index >= 15 is 0 Å². The van der Waals surface area contributed by atoms with Gasteiger partial charge < -0.3 is 19.9 Å². The molecule has 3 rings (SSSR count). The highest BCUT2D eigenvalue weighted by atomic mass is 16.5. The number of hydrogen-bond donors (Lipinski definition) is 2. The van der Waals surface area contributed by atoms with E-state index in [4.69, 9.17) is 4.74 Å². The predicted octanol–water partition coefficient (Wildman–Crippen LogP) is 2.48. The van der Waals surface area contributed by atoms with Crippen molar-refractivity contribution in [2.75, 3.05) is 26.7 Å². The number of fused-ring (bicyclic) bond motifs is 1. The van der Waals surface area contributed by atoms with Crippen LogP contribution in [0.15, 0.2) is 29.8 Å². The van der Waals surface area contributed by atoms with E-state index in [0.29, 0.717) is 19.5 Å². The Labute approximate surface area is 135 Å². The van der Waals surface area contributed by atoms with Crippen molar-refractivity contribution < 1.29 is 9.53 Å². The maximum absolute atomic E-state index is 12.1. The monoisotopic (exact) mass is 314 g/mol. The summed E-state index contributed by atoms with van der Waals surface area (Å²) in [4.78, 5) is 21.7. The SMILES string of the molecule is COc1ccc2nc(CCNC(=O)N3CC=C(C)CC3)[nH]c2c1. The van der Waals surface area contributed by atoms with Crippen molar-refractivity contribution in [2.45, 2.75) is 19.8 Å². The Morgan fingerprint density at radius 3 is 3.09 bits per heavy atom. The van der Waals surface area contributed by atoms with Gasteiger partial charge in [0.15, 0.2) is 0 Å². The molecular weight excluding hydrogens is 292 g/mol. The summed E-state index contributed by atoms with van der Waals surface area (Å²) in [5.74, 6) is 1.66. The van der Waals surface area contributed by atoms with Crippen LogP contribution in [-0.4, -0.2) is 47.6 Å². The molecule has 122 valence electrons. The number of nitrogens with zero attached hydrogens (tertiary/aromatic N) is 2. The number of aromatic nitrogens is 2. The molecule has 0 unspecified atom stereocenters. The van der Waals surface area contributed by atoms with Gasteiger partial charge in [-0.05, 0) is 25.5 Å². The highest BCUT2D eigenvalue weighted by molar-refractivity contribution is 5.77. The van der Waals surface area contributed by atoms with Crippen LogP contribution in [-0.2, 0) is 6.42 Å². The first-order valence-corrected chi connectivity index (χ1v) is 7.87. The zero-order chi connectivity index (χ0) is 16.2. The number of imidazole rings is 1. The molecule has 2 amide bonds. The summed E-state index contributed by atoms with van der Waals surface area (Å²) in [5.41, 5.74) is 3.21. The Hall–Kier alpha value is -2.50. The number of rotatable bonds is 4. The second kappa shape index (κ2) is 6.73. The second-order valence-corrected chi connectivity index (χ2v) is 5.79. The van der Waals surface area contributed by atoms with Crippen molar-refractivity contribution in [1.82, 2.24) is 20.2 Å². The Morgan fingerprint density at radius 1 is 1.48 bits per heavy atom.